The minimum Gasteiger partial charge on any atom is -0.249 e. The van der Waals surface area contributed by atoms with E-state index in [1.54, 1.807) is 12.3 Å². The van der Waals surface area contributed by atoms with E-state index in [-0.39, 0.29) is 0 Å². The molecule has 0 aliphatic carbocycles. The number of hydrogen-bond donors (Lipinski definition) is 0. The minimum atomic E-state index is 0.367. The first-order valence-electron chi connectivity index (χ1n) is 5.20. The standard InChI is InChI=1S/C12H7Cl2N3S/c1-6-15-5-9(18-6)12-16-8-4-2-3-7(13)10(8)11(14)17-12/h2-5H,1H3. The molecule has 18 heavy (non-hydrogen) atoms. The number of fused-ring (bicyclic) bond motifs is 1. The molecule has 0 bridgehead atoms. The number of nitrogens with zero attached hydrogens (tertiary/aromatic N) is 3. The molecule has 6 heteroatoms. The molecule has 0 amide bonds. The minimum absolute atomic E-state index is 0.367. The third-order valence-corrected chi connectivity index (χ3v) is 3.97. The van der Waals surface area contributed by atoms with Gasteiger partial charge in [-0.05, 0) is 19.1 Å². The van der Waals surface area contributed by atoms with Crippen molar-refractivity contribution in [3.63, 3.8) is 0 Å². The summed E-state index contributed by atoms with van der Waals surface area (Å²) in [6.45, 7) is 1.94. The molecule has 0 unspecified atom stereocenters. The van der Waals surface area contributed by atoms with Crippen molar-refractivity contribution in [2.75, 3.05) is 0 Å². The summed E-state index contributed by atoms with van der Waals surface area (Å²) in [6, 6.07) is 5.48. The maximum Gasteiger partial charge on any atom is 0.173 e. The predicted molar refractivity (Wildman–Crippen MR) is 75.4 cm³/mol. The summed E-state index contributed by atoms with van der Waals surface area (Å²) in [4.78, 5) is 13.8. The first kappa shape index (κ1) is 11.8. The molecule has 0 saturated heterocycles. The molecule has 0 radical (unpaired) electrons. The Balaban J connectivity index is 2.28. The topological polar surface area (TPSA) is 38.7 Å². The average Bonchev–Trinajstić information content (AvgIpc) is 2.75. The van der Waals surface area contributed by atoms with E-state index >= 15 is 0 Å². The summed E-state index contributed by atoms with van der Waals surface area (Å²) in [5.74, 6) is 0.584. The molecule has 0 saturated carbocycles. The monoisotopic (exact) mass is 295 g/mol. The summed E-state index contributed by atoms with van der Waals surface area (Å²) in [6.07, 6.45) is 1.75. The van der Waals surface area contributed by atoms with Gasteiger partial charge in [0.1, 0.15) is 5.15 Å². The van der Waals surface area contributed by atoms with E-state index in [0.29, 0.717) is 21.4 Å². The van der Waals surface area contributed by atoms with Gasteiger partial charge in [-0.25, -0.2) is 15.0 Å². The van der Waals surface area contributed by atoms with E-state index in [1.807, 2.05) is 19.1 Å². The van der Waals surface area contributed by atoms with Gasteiger partial charge in [-0.15, -0.1) is 11.3 Å². The zero-order valence-electron chi connectivity index (χ0n) is 9.32. The van der Waals surface area contributed by atoms with E-state index in [2.05, 4.69) is 15.0 Å². The first-order valence-corrected chi connectivity index (χ1v) is 6.77. The molecule has 0 aliphatic heterocycles. The summed E-state index contributed by atoms with van der Waals surface area (Å²) >= 11 is 13.8. The first-order chi connectivity index (χ1) is 8.65. The van der Waals surface area contributed by atoms with Crippen molar-refractivity contribution in [3.8, 4) is 10.7 Å². The van der Waals surface area contributed by atoms with Crippen LogP contribution in [-0.4, -0.2) is 15.0 Å². The van der Waals surface area contributed by atoms with Crippen molar-refractivity contribution >= 4 is 45.4 Å². The molecule has 1 aromatic carbocycles. The highest BCUT2D eigenvalue weighted by Crippen LogP contribution is 2.31. The zero-order valence-corrected chi connectivity index (χ0v) is 11.6. The van der Waals surface area contributed by atoms with Crippen LogP contribution >= 0.6 is 34.5 Å². The highest BCUT2D eigenvalue weighted by Gasteiger charge is 2.11. The van der Waals surface area contributed by atoms with E-state index in [1.165, 1.54) is 11.3 Å². The van der Waals surface area contributed by atoms with Crippen molar-refractivity contribution in [1.29, 1.82) is 0 Å². The van der Waals surface area contributed by atoms with Gasteiger partial charge in [0.25, 0.3) is 0 Å². The van der Waals surface area contributed by atoms with E-state index in [0.717, 1.165) is 15.4 Å². The molecule has 3 rings (SSSR count). The van der Waals surface area contributed by atoms with Gasteiger partial charge in [0.2, 0.25) is 0 Å². The van der Waals surface area contributed by atoms with Crippen LogP contribution in [0.25, 0.3) is 21.6 Å². The molecule has 0 fully saturated rings. The fraction of sp³-hybridized carbons (Fsp3) is 0.0833. The Morgan fingerprint density at radius 2 is 2.00 bits per heavy atom. The van der Waals surface area contributed by atoms with Crippen LogP contribution in [-0.2, 0) is 0 Å². The molecule has 3 aromatic rings. The van der Waals surface area contributed by atoms with Gasteiger partial charge in [-0.2, -0.15) is 0 Å². The van der Waals surface area contributed by atoms with Crippen LogP contribution in [0.15, 0.2) is 24.4 Å². The van der Waals surface area contributed by atoms with Crippen LogP contribution in [0.1, 0.15) is 5.01 Å². The summed E-state index contributed by atoms with van der Waals surface area (Å²) in [7, 11) is 0. The number of thiazole rings is 1. The van der Waals surface area contributed by atoms with Crippen molar-refractivity contribution in [2.45, 2.75) is 6.92 Å². The smallest absolute Gasteiger partial charge is 0.173 e. The highest BCUT2D eigenvalue weighted by atomic mass is 35.5. The fourth-order valence-electron chi connectivity index (χ4n) is 1.67. The predicted octanol–water partition coefficient (Wildman–Crippen LogP) is 4.37. The quantitative estimate of drug-likeness (QED) is 0.626. The molecule has 3 nitrogen and oxygen atoms in total. The number of hydrogen-bond acceptors (Lipinski definition) is 4. The fourth-order valence-corrected chi connectivity index (χ4v) is 2.97. The molecular weight excluding hydrogens is 289 g/mol. The lowest BCUT2D eigenvalue weighted by Gasteiger charge is -2.03. The second-order valence-electron chi connectivity index (χ2n) is 3.72. The van der Waals surface area contributed by atoms with Gasteiger partial charge in [0.15, 0.2) is 5.82 Å². The third kappa shape index (κ3) is 1.96. The molecular formula is C12H7Cl2N3S. The van der Waals surface area contributed by atoms with Crippen LogP contribution < -0.4 is 0 Å². The third-order valence-electron chi connectivity index (χ3n) is 2.47. The SMILES string of the molecule is Cc1ncc(-c2nc(Cl)c3c(Cl)cccc3n2)s1. The van der Waals surface area contributed by atoms with E-state index in [4.69, 9.17) is 23.2 Å². The lowest BCUT2D eigenvalue weighted by atomic mass is 10.2. The maximum absolute atomic E-state index is 6.17. The van der Waals surface area contributed by atoms with Crippen LogP contribution in [0, 0.1) is 6.92 Å². The van der Waals surface area contributed by atoms with Crippen LogP contribution in [0.2, 0.25) is 10.2 Å². The van der Waals surface area contributed by atoms with Gasteiger partial charge in [0.05, 0.1) is 25.8 Å². The summed E-state index contributed by atoms with van der Waals surface area (Å²) in [5.41, 5.74) is 0.739. The summed E-state index contributed by atoms with van der Waals surface area (Å²) in [5, 5.41) is 2.58. The van der Waals surface area contributed by atoms with Gasteiger partial charge in [-0.3, -0.25) is 0 Å². The Labute approximate surface area is 117 Å². The largest absolute Gasteiger partial charge is 0.249 e. The highest BCUT2D eigenvalue weighted by molar-refractivity contribution is 7.14. The Kier molecular flexibility index (Phi) is 2.93. The molecule has 0 aliphatic rings. The van der Waals surface area contributed by atoms with Crippen molar-refractivity contribution in [3.05, 3.63) is 39.6 Å². The lowest BCUT2D eigenvalue weighted by molar-refractivity contribution is 1.23. The van der Waals surface area contributed by atoms with Gasteiger partial charge >= 0.3 is 0 Å². The Hall–Kier alpha value is -1.23. The second-order valence-corrected chi connectivity index (χ2v) is 5.72. The molecule has 0 spiro atoms. The van der Waals surface area contributed by atoms with Crippen LogP contribution in [0.5, 0.6) is 0 Å². The molecule has 90 valence electrons. The number of halogens is 2. The van der Waals surface area contributed by atoms with E-state index < -0.39 is 0 Å². The Morgan fingerprint density at radius 1 is 1.17 bits per heavy atom. The number of aromatic nitrogens is 3. The molecule has 0 atom stereocenters. The van der Waals surface area contributed by atoms with Gasteiger partial charge < -0.3 is 0 Å². The number of aryl methyl sites for hydroxylation is 1. The zero-order chi connectivity index (χ0) is 12.7. The van der Waals surface area contributed by atoms with E-state index in [9.17, 15) is 0 Å². The normalized spacial score (nSPS) is 11.1. The average molecular weight is 296 g/mol. The van der Waals surface area contributed by atoms with Crippen molar-refractivity contribution < 1.29 is 0 Å². The van der Waals surface area contributed by atoms with Crippen molar-refractivity contribution in [1.82, 2.24) is 15.0 Å². The van der Waals surface area contributed by atoms with Gasteiger partial charge in [-0.1, -0.05) is 29.3 Å². The van der Waals surface area contributed by atoms with Crippen LogP contribution in [0.3, 0.4) is 0 Å². The number of benzene rings is 1. The van der Waals surface area contributed by atoms with Crippen molar-refractivity contribution in [2.24, 2.45) is 0 Å². The number of rotatable bonds is 1. The lowest BCUT2D eigenvalue weighted by Crippen LogP contribution is -1.90. The maximum atomic E-state index is 6.17. The Bertz CT molecular complexity index is 739. The molecule has 0 N–H and O–H groups in total. The molecule has 2 heterocycles. The Morgan fingerprint density at radius 3 is 2.72 bits per heavy atom. The second kappa shape index (κ2) is 4.46. The van der Waals surface area contributed by atoms with Crippen LogP contribution in [0.4, 0.5) is 0 Å². The summed E-state index contributed by atoms with van der Waals surface area (Å²) < 4.78 is 0. The van der Waals surface area contributed by atoms with Gasteiger partial charge in [0, 0.05) is 6.20 Å². The molecule has 2 aromatic heterocycles.